The topological polar surface area (TPSA) is 89.2 Å². The van der Waals surface area contributed by atoms with Crippen LogP contribution in [0.25, 0.3) is 0 Å². The minimum atomic E-state index is -0.490. The van der Waals surface area contributed by atoms with Gasteiger partial charge in [0.05, 0.1) is 10.7 Å². The molecule has 2 heterocycles. The van der Waals surface area contributed by atoms with Crippen LogP contribution >= 0.6 is 34.7 Å². The number of hydrogen-bond donors (Lipinski definition) is 0. The lowest BCUT2D eigenvalue weighted by Crippen LogP contribution is -2.27. The van der Waals surface area contributed by atoms with E-state index in [4.69, 9.17) is 11.6 Å². The fraction of sp³-hybridized carbons (Fsp3) is 0.182. The molecular weight excluding hydrogens is 336 g/mol. The molecule has 0 N–H and O–H groups in total. The third-order valence-corrected chi connectivity index (χ3v) is 5.11. The summed E-state index contributed by atoms with van der Waals surface area (Å²) in [5, 5.41) is 18.9. The number of non-ortho nitro benzene ring substituents is 1. The first-order valence-corrected chi connectivity index (χ1v) is 8.02. The Labute approximate surface area is 132 Å². The molecule has 0 radical (unpaired) electrons. The molecule has 0 bridgehead atoms. The molecule has 108 valence electrons. The molecule has 2 aromatic rings. The van der Waals surface area contributed by atoms with Crippen molar-refractivity contribution >= 4 is 51.4 Å². The number of carbonyl (C=O) groups excluding carboxylic acids is 1. The van der Waals surface area contributed by atoms with Crippen LogP contribution in [-0.2, 0) is 4.79 Å². The maximum absolute atomic E-state index is 12.1. The van der Waals surface area contributed by atoms with Crippen molar-refractivity contribution in [3.8, 4) is 0 Å². The molecule has 0 aliphatic carbocycles. The number of rotatable bonds is 3. The summed E-state index contributed by atoms with van der Waals surface area (Å²) in [6.45, 7) is 0. The van der Waals surface area contributed by atoms with Crippen LogP contribution in [0.3, 0.4) is 0 Å². The first-order valence-electron chi connectivity index (χ1n) is 5.71. The Balaban J connectivity index is 2.05. The van der Waals surface area contributed by atoms with Crippen molar-refractivity contribution in [2.24, 2.45) is 0 Å². The number of nitro groups is 1. The number of nitro benzene ring substituents is 1. The number of halogens is 1. The van der Waals surface area contributed by atoms with Gasteiger partial charge in [0.25, 0.3) is 5.69 Å². The van der Waals surface area contributed by atoms with Crippen molar-refractivity contribution in [1.82, 2.24) is 10.2 Å². The zero-order valence-corrected chi connectivity index (χ0v) is 12.7. The van der Waals surface area contributed by atoms with Gasteiger partial charge in [-0.05, 0) is 6.07 Å². The van der Waals surface area contributed by atoms with E-state index in [0.717, 1.165) is 0 Å². The van der Waals surface area contributed by atoms with Gasteiger partial charge >= 0.3 is 0 Å². The molecule has 1 aliphatic rings. The second-order valence-electron chi connectivity index (χ2n) is 4.11. The standard InChI is InChI=1S/C11H7ClN4O3S2/c12-8-2-1-6(16(18)19)3-7(8)10-15(9(17)4-20-10)11-14-13-5-21-11/h1-3,5,10H,4H2/t10-/m1/s1. The van der Waals surface area contributed by atoms with Crippen molar-refractivity contribution in [2.75, 3.05) is 10.7 Å². The smallest absolute Gasteiger partial charge is 0.269 e. The van der Waals surface area contributed by atoms with Crippen LogP contribution < -0.4 is 4.90 Å². The van der Waals surface area contributed by atoms with Gasteiger partial charge in [0.2, 0.25) is 11.0 Å². The predicted molar refractivity (Wildman–Crippen MR) is 80.7 cm³/mol. The largest absolute Gasteiger partial charge is 0.273 e. The lowest BCUT2D eigenvalue weighted by Gasteiger charge is -2.21. The number of anilines is 1. The highest BCUT2D eigenvalue weighted by molar-refractivity contribution is 8.00. The van der Waals surface area contributed by atoms with E-state index in [9.17, 15) is 14.9 Å². The molecule has 1 saturated heterocycles. The van der Waals surface area contributed by atoms with Gasteiger partial charge in [-0.2, -0.15) is 0 Å². The van der Waals surface area contributed by atoms with E-state index in [1.54, 1.807) is 0 Å². The van der Waals surface area contributed by atoms with Crippen LogP contribution in [0.2, 0.25) is 5.02 Å². The number of carbonyl (C=O) groups is 1. The molecule has 1 aromatic carbocycles. The Kier molecular flexibility index (Phi) is 3.79. The lowest BCUT2D eigenvalue weighted by molar-refractivity contribution is -0.384. The molecule has 21 heavy (non-hydrogen) atoms. The van der Waals surface area contributed by atoms with Crippen molar-refractivity contribution in [1.29, 1.82) is 0 Å². The lowest BCUT2D eigenvalue weighted by atomic mass is 10.2. The Morgan fingerprint density at radius 3 is 2.95 bits per heavy atom. The van der Waals surface area contributed by atoms with Crippen LogP contribution in [0, 0.1) is 10.1 Å². The van der Waals surface area contributed by atoms with Gasteiger partial charge in [0.15, 0.2) is 0 Å². The molecule has 1 fully saturated rings. The Hall–Kier alpha value is -1.71. The normalized spacial score (nSPS) is 18.2. The van der Waals surface area contributed by atoms with E-state index in [-0.39, 0.29) is 17.3 Å². The molecule has 3 rings (SSSR count). The third-order valence-electron chi connectivity index (χ3n) is 2.88. The van der Waals surface area contributed by atoms with Gasteiger partial charge in [-0.25, -0.2) is 0 Å². The van der Waals surface area contributed by atoms with E-state index in [1.807, 2.05) is 0 Å². The van der Waals surface area contributed by atoms with Gasteiger partial charge in [-0.1, -0.05) is 22.9 Å². The minimum absolute atomic E-state index is 0.0634. The van der Waals surface area contributed by atoms with Gasteiger partial charge in [-0.3, -0.25) is 19.8 Å². The zero-order valence-electron chi connectivity index (χ0n) is 10.3. The van der Waals surface area contributed by atoms with Crippen LogP contribution in [0.4, 0.5) is 10.8 Å². The fourth-order valence-corrected chi connectivity index (χ4v) is 4.10. The highest BCUT2D eigenvalue weighted by atomic mass is 35.5. The van der Waals surface area contributed by atoms with Crippen LogP contribution in [-0.4, -0.2) is 26.8 Å². The van der Waals surface area contributed by atoms with E-state index in [2.05, 4.69) is 10.2 Å². The molecule has 7 nitrogen and oxygen atoms in total. The Bertz CT molecular complexity index is 709. The number of benzene rings is 1. The van der Waals surface area contributed by atoms with Crippen molar-refractivity contribution in [3.63, 3.8) is 0 Å². The highest BCUT2D eigenvalue weighted by Crippen LogP contribution is 2.45. The van der Waals surface area contributed by atoms with Crippen molar-refractivity contribution in [2.45, 2.75) is 5.37 Å². The molecule has 1 aliphatic heterocycles. The van der Waals surface area contributed by atoms with E-state index in [1.165, 1.54) is 51.7 Å². The third kappa shape index (κ3) is 2.59. The molecule has 0 unspecified atom stereocenters. The maximum Gasteiger partial charge on any atom is 0.269 e. The molecular formula is C11H7ClN4O3S2. The van der Waals surface area contributed by atoms with Gasteiger partial charge in [0, 0.05) is 22.7 Å². The molecule has 1 atom stereocenters. The number of thioether (sulfide) groups is 1. The quantitative estimate of drug-likeness (QED) is 0.629. The number of hydrogen-bond acceptors (Lipinski definition) is 7. The maximum atomic E-state index is 12.1. The Morgan fingerprint density at radius 2 is 2.29 bits per heavy atom. The second kappa shape index (κ2) is 5.58. The van der Waals surface area contributed by atoms with Gasteiger partial charge in [-0.15, -0.1) is 22.0 Å². The number of amides is 1. The first-order chi connectivity index (χ1) is 10.1. The van der Waals surface area contributed by atoms with Crippen molar-refractivity contribution < 1.29 is 9.72 Å². The summed E-state index contributed by atoms with van der Waals surface area (Å²) >= 11 is 8.73. The zero-order chi connectivity index (χ0) is 15.0. The van der Waals surface area contributed by atoms with Crippen molar-refractivity contribution in [3.05, 3.63) is 44.4 Å². The number of aromatic nitrogens is 2. The van der Waals surface area contributed by atoms with Gasteiger partial charge in [0.1, 0.15) is 10.9 Å². The van der Waals surface area contributed by atoms with E-state index < -0.39 is 10.3 Å². The first kappa shape index (κ1) is 14.2. The Morgan fingerprint density at radius 1 is 1.48 bits per heavy atom. The van der Waals surface area contributed by atoms with Crippen LogP contribution in [0.1, 0.15) is 10.9 Å². The predicted octanol–water partition coefficient (Wildman–Crippen LogP) is 2.88. The average Bonchev–Trinajstić information content (AvgIpc) is 3.08. The van der Waals surface area contributed by atoms with Crippen LogP contribution in [0.15, 0.2) is 23.7 Å². The molecule has 1 amide bonds. The second-order valence-corrected chi connectivity index (χ2v) is 6.40. The summed E-state index contributed by atoms with van der Waals surface area (Å²) in [6, 6.07) is 4.20. The van der Waals surface area contributed by atoms with Gasteiger partial charge < -0.3 is 0 Å². The highest BCUT2D eigenvalue weighted by Gasteiger charge is 2.37. The summed E-state index contributed by atoms with van der Waals surface area (Å²) in [5.74, 6) is 0.146. The molecule has 1 aromatic heterocycles. The summed E-state index contributed by atoms with van der Waals surface area (Å²) in [5.41, 5.74) is 1.99. The van der Waals surface area contributed by atoms with Crippen LogP contribution in [0.5, 0.6) is 0 Å². The SMILES string of the molecule is O=C1CS[C@H](c2cc([N+](=O)[O-])ccc2Cl)N1c1nncs1. The number of nitrogens with zero attached hydrogens (tertiary/aromatic N) is 4. The van der Waals surface area contributed by atoms with E-state index in [0.29, 0.717) is 15.7 Å². The fourth-order valence-electron chi connectivity index (χ4n) is 1.97. The summed E-state index contributed by atoms with van der Waals surface area (Å²) in [4.78, 5) is 24.0. The summed E-state index contributed by atoms with van der Waals surface area (Å²) < 4.78 is 0. The average molecular weight is 343 g/mol. The molecule has 0 spiro atoms. The molecule has 0 saturated carbocycles. The molecule has 10 heteroatoms. The summed E-state index contributed by atoms with van der Waals surface area (Å²) in [7, 11) is 0. The van der Waals surface area contributed by atoms with E-state index >= 15 is 0 Å². The minimum Gasteiger partial charge on any atom is -0.273 e. The summed E-state index contributed by atoms with van der Waals surface area (Å²) in [6.07, 6.45) is 0. The monoisotopic (exact) mass is 342 g/mol.